The Balaban J connectivity index is 1.55. The van der Waals surface area contributed by atoms with E-state index in [9.17, 15) is 4.79 Å². The molecule has 1 unspecified atom stereocenters. The van der Waals surface area contributed by atoms with Gasteiger partial charge in [-0.15, -0.1) is 0 Å². The molecule has 0 spiro atoms. The van der Waals surface area contributed by atoms with E-state index in [1.807, 2.05) is 56.3 Å². The standard InChI is InChI=1S/C22H25N3O2S/c1-15(18-11-7-8-12-20(18)27-3)23-21(26)14-28-22-24-16(2)19(25-22)13-17-9-5-4-6-10-17/h4-12,15H,13-14H2,1-3H3,(H,23,26)(H,24,25). The van der Waals surface area contributed by atoms with Crippen LogP contribution >= 0.6 is 11.8 Å². The molecule has 0 aliphatic heterocycles. The number of thioether (sulfide) groups is 1. The lowest BCUT2D eigenvalue weighted by molar-refractivity contribution is -0.119. The molecule has 3 aromatic rings. The van der Waals surface area contributed by atoms with Crippen LogP contribution in [0.3, 0.4) is 0 Å². The number of methoxy groups -OCH3 is 1. The topological polar surface area (TPSA) is 67.0 Å². The summed E-state index contributed by atoms with van der Waals surface area (Å²) in [6.45, 7) is 3.97. The number of nitrogens with one attached hydrogen (secondary N) is 2. The minimum Gasteiger partial charge on any atom is -0.496 e. The maximum Gasteiger partial charge on any atom is 0.230 e. The van der Waals surface area contributed by atoms with Crippen molar-refractivity contribution in [2.75, 3.05) is 12.9 Å². The van der Waals surface area contributed by atoms with Crippen LogP contribution in [0.2, 0.25) is 0 Å². The van der Waals surface area contributed by atoms with Gasteiger partial charge in [-0.25, -0.2) is 4.98 Å². The van der Waals surface area contributed by atoms with E-state index in [4.69, 9.17) is 4.74 Å². The molecule has 1 atom stereocenters. The summed E-state index contributed by atoms with van der Waals surface area (Å²) in [4.78, 5) is 20.3. The fraction of sp³-hybridized carbons (Fsp3) is 0.273. The Hall–Kier alpha value is -2.73. The first-order valence-electron chi connectivity index (χ1n) is 9.21. The summed E-state index contributed by atoms with van der Waals surface area (Å²) >= 11 is 1.41. The highest BCUT2D eigenvalue weighted by Crippen LogP contribution is 2.25. The van der Waals surface area contributed by atoms with Crippen LogP contribution in [-0.4, -0.2) is 28.7 Å². The zero-order valence-corrected chi connectivity index (χ0v) is 17.2. The average molecular weight is 396 g/mol. The number of para-hydroxylation sites is 1. The summed E-state index contributed by atoms with van der Waals surface area (Å²) in [6.07, 6.45) is 0.779. The number of amides is 1. The van der Waals surface area contributed by atoms with Crippen molar-refractivity contribution < 1.29 is 9.53 Å². The molecule has 5 nitrogen and oxygen atoms in total. The maximum absolute atomic E-state index is 12.4. The third-order valence-electron chi connectivity index (χ3n) is 4.50. The Kier molecular flexibility index (Phi) is 6.76. The van der Waals surface area contributed by atoms with E-state index in [2.05, 4.69) is 27.4 Å². The van der Waals surface area contributed by atoms with Crippen LogP contribution in [0.15, 0.2) is 59.8 Å². The molecule has 0 aliphatic carbocycles. The molecule has 28 heavy (non-hydrogen) atoms. The Labute approximate surface area is 169 Å². The number of aryl methyl sites for hydroxylation is 1. The van der Waals surface area contributed by atoms with Crippen molar-refractivity contribution in [1.29, 1.82) is 0 Å². The molecule has 0 fully saturated rings. The number of hydrogen-bond acceptors (Lipinski definition) is 4. The van der Waals surface area contributed by atoms with Crippen LogP contribution in [-0.2, 0) is 11.2 Å². The van der Waals surface area contributed by atoms with Gasteiger partial charge in [0, 0.05) is 17.7 Å². The number of aromatic nitrogens is 2. The molecule has 1 amide bonds. The van der Waals surface area contributed by atoms with Gasteiger partial charge in [-0.2, -0.15) is 0 Å². The predicted molar refractivity (Wildman–Crippen MR) is 113 cm³/mol. The lowest BCUT2D eigenvalue weighted by Crippen LogP contribution is -2.28. The molecular weight excluding hydrogens is 370 g/mol. The van der Waals surface area contributed by atoms with E-state index in [-0.39, 0.29) is 11.9 Å². The predicted octanol–water partition coefficient (Wildman–Crippen LogP) is 4.29. The van der Waals surface area contributed by atoms with Crippen molar-refractivity contribution in [3.05, 3.63) is 77.1 Å². The Morgan fingerprint density at radius 1 is 1.18 bits per heavy atom. The second-order valence-electron chi connectivity index (χ2n) is 6.60. The van der Waals surface area contributed by atoms with Gasteiger partial charge in [-0.1, -0.05) is 60.3 Å². The third kappa shape index (κ3) is 5.16. The van der Waals surface area contributed by atoms with E-state index in [0.717, 1.165) is 34.3 Å². The second kappa shape index (κ2) is 9.46. The summed E-state index contributed by atoms with van der Waals surface area (Å²) in [5.74, 6) is 1.04. The molecule has 1 aromatic heterocycles. The number of carbonyl (C=O) groups excluding carboxylic acids is 1. The number of imidazole rings is 1. The summed E-state index contributed by atoms with van der Waals surface area (Å²) in [5, 5.41) is 3.79. The van der Waals surface area contributed by atoms with E-state index < -0.39 is 0 Å². The normalized spacial score (nSPS) is 11.8. The quantitative estimate of drug-likeness (QED) is 0.559. The molecule has 0 saturated heterocycles. The zero-order valence-electron chi connectivity index (χ0n) is 16.4. The van der Waals surface area contributed by atoms with Crippen molar-refractivity contribution in [2.24, 2.45) is 0 Å². The number of benzene rings is 2. The summed E-state index contributed by atoms with van der Waals surface area (Å²) in [5.41, 5.74) is 4.23. The minimum atomic E-state index is -0.128. The van der Waals surface area contributed by atoms with Gasteiger partial charge in [-0.3, -0.25) is 4.79 Å². The molecule has 0 radical (unpaired) electrons. The maximum atomic E-state index is 12.4. The van der Waals surface area contributed by atoms with E-state index in [0.29, 0.717) is 5.75 Å². The first kappa shape index (κ1) is 20.0. The van der Waals surface area contributed by atoms with Crippen LogP contribution in [0.5, 0.6) is 5.75 Å². The van der Waals surface area contributed by atoms with Gasteiger partial charge in [0.05, 0.1) is 24.6 Å². The van der Waals surface area contributed by atoms with Gasteiger partial charge >= 0.3 is 0 Å². The molecule has 0 aliphatic rings. The highest BCUT2D eigenvalue weighted by atomic mass is 32.2. The van der Waals surface area contributed by atoms with Crippen LogP contribution in [0.4, 0.5) is 0 Å². The first-order chi connectivity index (χ1) is 13.6. The molecule has 0 saturated carbocycles. The highest BCUT2D eigenvalue weighted by molar-refractivity contribution is 7.99. The minimum absolute atomic E-state index is 0.0398. The van der Waals surface area contributed by atoms with Crippen LogP contribution in [0, 0.1) is 6.92 Å². The lowest BCUT2D eigenvalue weighted by atomic mass is 10.1. The van der Waals surface area contributed by atoms with Gasteiger partial charge in [-0.05, 0) is 25.5 Å². The smallest absolute Gasteiger partial charge is 0.230 e. The average Bonchev–Trinajstić information content (AvgIpc) is 3.06. The fourth-order valence-corrected chi connectivity index (χ4v) is 3.77. The lowest BCUT2D eigenvalue weighted by Gasteiger charge is -2.17. The molecular formula is C22H25N3O2S. The molecule has 146 valence electrons. The number of ether oxygens (including phenoxy) is 1. The van der Waals surface area contributed by atoms with Crippen LogP contribution in [0.1, 0.15) is 35.5 Å². The van der Waals surface area contributed by atoms with Crippen molar-refractivity contribution >= 4 is 17.7 Å². The van der Waals surface area contributed by atoms with Crippen molar-refractivity contribution in [3.63, 3.8) is 0 Å². The van der Waals surface area contributed by atoms with Gasteiger partial charge in [0.25, 0.3) is 0 Å². The highest BCUT2D eigenvalue weighted by Gasteiger charge is 2.15. The van der Waals surface area contributed by atoms with E-state index in [1.165, 1.54) is 17.3 Å². The Morgan fingerprint density at radius 2 is 1.89 bits per heavy atom. The SMILES string of the molecule is COc1ccccc1C(C)NC(=O)CSc1nc(Cc2ccccc2)c(C)[nH]1. The molecule has 3 rings (SSSR count). The molecule has 6 heteroatoms. The summed E-state index contributed by atoms with van der Waals surface area (Å²) in [6, 6.07) is 17.8. The number of carbonyl (C=O) groups is 1. The zero-order chi connectivity index (χ0) is 19.9. The molecule has 2 N–H and O–H groups in total. The molecule has 2 aromatic carbocycles. The van der Waals surface area contributed by atoms with Crippen molar-refractivity contribution in [1.82, 2.24) is 15.3 Å². The van der Waals surface area contributed by atoms with Gasteiger partial charge < -0.3 is 15.0 Å². The van der Waals surface area contributed by atoms with Crippen LogP contribution < -0.4 is 10.1 Å². The van der Waals surface area contributed by atoms with Crippen molar-refractivity contribution in [2.45, 2.75) is 31.5 Å². The monoisotopic (exact) mass is 395 g/mol. The largest absolute Gasteiger partial charge is 0.496 e. The number of H-pyrrole nitrogens is 1. The summed E-state index contributed by atoms with van der Waals surface area (Å²) in [7, 11) is 1.63. The Bertz CT molecular complexity index is 925. The number of aromatic amines is 1. The second-order valence-corrected chi connectivity index (χ2v) is 7.56. The van der Waals surface area contributed by atoms with Gasteiger partial charge in [0.1, 0.15) is 5.75 Å². The Morgan fingerprint density at radius 3 is 2.64 bits per heavy atom. The third-order valence-corrected chi connectivity index (χ3v) is 5.37. The van der Waals surface area contributed by atoms with Crippen LogP contribution in [0.25, 0.3) is 0 Å². The molecule has 0 bridgehead atoms. The van der Waals surface area contributed by atoms with Gasteiger partial charge in [0.2, 0.25) is 5.91 Å². The van der Waals surface area contributed by atoms with E-state index >= 15 is 0 Å². The number of nitrogens with zero attached hydrogens (tertiary/aromatic N) is 1. The first-order valence-corrected chi connectivity index (χ1v) is 10.2. The summed E-state index contributed by atoms with van der Waals surface area (Å²) < 4.78 is 5.37. The molecule has 1 heterocycles. The number of hydrogen-bond donors (Lipinski definition) is 2. The number of rotatable bonds is 8. The fourth-order valence-electron chi connectivity index (χ4n) is 3.02. The van der Waals surface area contributed by atoms with E-state index in [1.54, 1.807) is 7.11 Å². The van der Waals surface area contributed by atoms with Gasteiger partial charge in [0.15, 0.2) is 5.16 Å². The van der Waals surface area contributed by atoms with Crippen molar-refractivity contribution in [3.8, 4) is 5.75 Å².